The molecular formula is C47H48F3N3O8Si. The first-order chi connectivity index (χ1) is 29.3. The zero-order chi connectivity index (χ0) is 44.4. The summed E-state index contributed by atoms with van der Waals surface area (Å²) in [5, 5.41) is 3.77. The third-order valence-electron chi connectivity index (χ3n) is 13.0. The molecule has 1 fully saturated rings. The van der Waals surface area contributed by atoms with Gasteiger partial charge < -0.3 is 23.2 Å². The number of fused-ring (bicyclic) bond motifs is 4. The van der Waals surface area contributed by atoms with E-state index >= 15 is 14.4 Å². The van der Waals surface area contributed by atoms with Crippen molar-refractivity contribution in [3.05, 3.63) is 136 Å². The molecule has 62 heavy (non-hydrogen) atoms. The fourth-order valence-electron chi connectivity index (χ4n) is 9.18. The van der Waals surface area contributed by atoms with Crippen LogP contribution in [0.5, 0.6) is 17.4 Å². The minimum absolute atomic E-state index is 0.0158. The van der Waals surface area contributed by atoms with Crippen molar-refractivity contribution < 1.29 is 50.7 Å². The fourth-order valence-corrected chi connectivity index (χ4v) is 10.6. The molecule has 0 bridgehead atoms. The SMILES string of the molecule is CN(C)[C@@H]1c2onc(OCc3ccccc3)c2C(=O)[C@@]2(O[Si](C)(C)C(C)(C)C)C(=O)C3C(=O)c4c(OCc5ccccc5)cncc4[C@H](c4ccc(OC(F)(F)F)cc4)[C@H]3C[C@@H]12. The van der Waals surface area contributed by atoms with Gasteiger partial charge >= 0.3 is 6.36 Å². The van der Waals surface area contributed by atoms with E-state index in [1.165, 1.54) is 30.5 Å². The Morgan fingerprint density at radius 2 is 1.44 bits per heavy atom. The molecule has 1 unspecified atom stereocenters. The first kappa shape index (κ1) is 43.0. The van der Waals surface area contributed by atoms with Gasteiger partial charge in [-0.2, -0.15) is 0 Å². The highest BCUT2D eigenvalue weighted by Crippen LogP contribution is 2.61. The highest BCUT2D eigenvalue weighted by atomic mass is 28.4. The third-order valence-corrected chi connectivity index (χ3v) is 17.4. The maximum atomic E-state index is 16.2. The first-order valence-electron chi connectivity index (χ1n) is 20.5. The standard InChI is InChI=1S/C47H48F3N3O8Si/c1-45(2,3)62(6,7)61-46-33(39(53(4)5)41-38(43(46)56)44(52-60-41)58-26-28-16-12-9-13-17-28)22-31-35(29-18-20-30(21-19-29)59-47(48,49)50)32-23-51-24-34(36(32)40(54)37(31)42(46)55)57-25-27-14-10-8-11-15-27/h8-21,23-24,31,33,35,37,39H,22,25-26H2,1-7H3/t31-,33+,35-,37?,39+,46+/m1/s1. The van der Waals surface area contributed by atoms with Gasteiger partial charge in [0.1, 0.15) is 30.3 Å². The lowest BCUT2D eigenvalue weighted by molar-refractivity contribution is -0.274. The molecule has 15 heteroatoms. The molecule has 3 aliphatic carbocycles. The number of Topliss-reactive ketones (excluding diaryl/α,β-unsaturated/α-hetero) is 3. The van der Waals surface area contributed by atoms with E-state index in [1.54, 1.807) is 6.20 Å². The molecule has 11 nitrogen and oxygen atoms in total. The molecule has 0 saturated heterocycles. The maximum absolute atomic E-state index is 16.2. The van der Waals surface area contributed by atoms with Gasteiger partial charge in [0, 0.05) is 18.0 Å². The third kappa shape index (κ3) is 7.53. The van der Waals surface area contributed by atoms with Gasteiger partial charge in [0.05, 0.1) is 23.7 Å². The average molecular weight is 868 g/mol. The molecular weight excluding hydrogens is 820 g/mol. The van der Waals surface area contributed by atoms with Crippen molar-refractivity contribution in [2.45, 2.75) is 82.5 Å². The summed E-state index contributed by atoms with van der Waals surface area (Å²) in [4.78, 5) is 53.6. The summed E-state index contributed by atoms with van der Waals surface area (Å²) in [5.41, 5.74) is 0.485. The number of halogens is 3. The van der Waals surface area contributed by atoms with E-state index in [-0.39, 0.29) is 48.2 Å². The topological polar surface area (TPSA) is 130 Å². The highest BCUT2D eigenvalue weighted by Gasteiger charge is 2.71. The number of rotatable bonds is 11. The predicted molar refractivity (Wildman–Crippen MR) is 223 cm³/mol. The number of carbonyl (C=O) groups is 3. The van der Waals surface area contributed by atoms with E-state index in [2.05, 4.69) is 14.9 Å². The number of aromatic nitrogens is 2. The van der Waals surface area contributed by atoms with Crippen molar-refractivity contribution >= 4 is 25.7 Å². The minimum Gasteiger partial charge on any atom is -0.487 e. The Kier molecular flexibility index (Phi) is 11.0. The number of ketones is 3. The summed E-state index contributed by atoms with van der Waals surface area (Å²) in [6.07, 6.45) is -1.87. The largest absolute Gasteiger partial charge is 0.573 e. The molecule has 0 aliphatic heterocycles. The normalized spacial score (nSPS) is 23.6. The molecule has 324 valence electrons. The molecule has 3 aliphatic rings. The van der Waals surface area contributed by atoms with E-state index in [4.69, 9.17) is 18.4 Å². The molecule has 5 aromatic rings. The molecule has 2 heterocycles. The van der Waals surface area contributed by atoms with Crippen LogP contribution < -0.4 is 14.2 Å². The number of benzene rings is 3. The minimum atomic E-state index is -4.92. The fraction of sp³-hybridized carbons (Fsp3) is 0.383. The van der Waals surface area contributed by atoms with Crippen LogP contribution in [0.4, 0.5) is 13.2 Å². The summed E-state index contributed by atoms with van der Waals surface area (Å²) in [5.74, 6) is -6.06. The van der Waals surface area contributed by atoms with Crippen molar-refractivity contribution in [3.63, 3.8) is 0 Å². The van der Waals surface area contributed by atoms with Crippen molar-refractivity contribution in [1.29, 1.82) is 0 Å². The van der Waals surface area contributed by atoms with Crippen LogP contribution in [-0.2, 0) is 22.4 Å². The van der Waals surface area contributed by atoms with E-state index < -0.39 is 78.1 Å². The van der Waals surface area contributed by atoms with Crippen LogP contribution in [-0.4, -0.2) is 66.8 Å². The van der Waals surface area contributed by atoms with Gasteiger partial charge in [-0.15, -0.1) is 13.2 Å². The van der Waals surface area contributed by atoms with E-state index in [1.807, 2.05) is 114 Å². The second kappa shape index (κ2) is 15.9. The number of pyridine rings is 1. The van der Waals surface area contributed by atoms with Gasteiger partial charge in [-0.3, -0.25) is 24.3 Å². The Labute approximate surface area is 358 Å². The molecule has 2 aromatic heterocycles. The van der Waals surface area contributed by atoms with Crippen LogP contribution in [0.2, 0.25) is 18.1 Å². The molecule has 8 rings (SSSR count). The number of hydrogen-bond acceptors (Lipinski definition) is 11. The number of ether oxygens (including phenoxy) is 3. The zero-order valence-corrected chi connectivity index (χ0v) is 36.5. The van der Waals surface area contributed by atoms with Gasteiger partial charge in [-0.1, -0.05) is 93.6 Å². The van der Waals surface area contributed by atoms with Gasteiger partial charge in [-0.05, 0) is 84.1 Å². The van der Waals surface area contributed by atoms with Gasteiger partial charge in [0.25, 0.3) is 5.88 Å². The average Bonchev–Trinajstić information content (AvgIpc) is 3.64. The molecule has 1 saturated carbocycles. The quantitative estimate of drug-likeness (QED) is 0.0930. The van der Waals surface area contributed by atoms with Gasteiger partial charge in [-0.25, -0.2) is 0 Å². The summed E-state index contributed by atoms with van der Waals surface area (Å²) >= 11 is 0. The van der Waals surface area contributed by atoms with Crippen molar-refractivity contribution in [1.82, 2.24) is 15.0 Å². The summed E-state index contributed by atoms with van der Waals surface area (Å²) in [6.45, 7) is 10.1. The monoisotopic (exact) mass is 867 g/mol. The second-order valence-electron chi connectivity index (χ2n) is 18.0. The van der Waals surface area contributed by atoms with Crippen LogP contribution in [0.25, 0.3) is 0 Å². The molecule has 0 N–H and O–H groups in total. The smallest absolute Gasteiger partial charge is 0.487 e. The lowest BCUT2D eigenvalue weighted by Gasteiger charge is -2.57. The first-order valence-corrected chi connectivity index (χ1v) is 23.4. The van der Waals surface area contributed by atoms with Crippen molar-refractivity contribution in [2.75, 3.05) is 14.1 Å². The van der Waals surface area contributed by atoms with Gasteiger partial charge in [0.15, 0.2) is 31.2 Å². The van der Waals surface area contributed by atoms with Crippen LogP contribution in [0.3, 0.4) is 0 Å². The Hall–Kier alpha value is -5.64. The molecule has 0 spiro atoms. The number of carbonyl (C=O) groups excluding carboxylic acids is 3. The second-order valence-corrected chi connectivity index (χ2v) is 22.7. The Morgan fingerprint density at radius 1 is 0.823 bits per heavy atom. The summed E-state index contributed by atoms with van der Waals surface area (Å²) < 4.78 is 69.9. The van der Waals surface area contributed by atoms with Crippen molar-refractivity contribution in [3.8, 4) is 17.4 Å². The Balaban J connectivity index is 1.32. The lowest BCUT2D eigenvalue weighted by Crippen LogP contribution is -2.70. The van der Waals surface area contributed by atoms with Gasteiger partial charge in [0.2, 0.25) is 5.78 Å². The number of alkyl halides is 3. The lowest BCUT2D eigenvalue weighted by atomic mass is 9.51. The summed E-state index contributed by atoms with van der Waals surface area (Å²) in [6, 6.07) is 23.3. The number of nitrogens with zero attached hydrogens (tertiary/aromatic N) is 3. The van der Waals surface area contributed by atoms with Crippen LogP contribution >= 0.6 is 0 Å². The molecule has 0 radical (unpaired) electrons. The molecule has 6 atom stereocenters. The Morgan fingerprint density at radius 3 is 2.02 bits per heavy atom. The summed E-state index contributed by atoms with van der Waals surface area (Å²) in [7, 11) is 0.549. The van der Waals surface area contributed by atoms with Crippen molar-refractivity contribution in [2.24, 2.45) is 17.8 Å². The van der Waals surface area contributed by atoms with E-state index in [0.29, 0.717) is 11.1 Å². The Bertz CT molecular complexity index is 2490. The maximum Gasteiger partial charge on any atom is 0.573 e. The van der Waals surface area contributed by atoms with E-state index in [9.17, 15) is 13.2 Å². The highest BCUT2D eigenvalue weighted by molar-refractivity contribution is 6.74. The molecule has 3 aromatic carbocycles. The predicted octanol–water partition coefficient (Wildman–Crippen LogP) is 9.54. The van der Waals surface area contributed by atoms with Crippen LogP contribution in [0.1, 0.15) is 87.9 Å². The van der Waals surface area contributed by atoms with Crippen LogP contribution in [0.15, 0.2) is 102 Å². The zero-order valence-electron chi connectivity index (χ0n) is 35.5. The number of hydrogen-bond donors (Lipinski definition) is 0. The van der Waals surface area contributed by atoms with Crippen LogP contribution in [0, 0.1) is 17.8 Å². The van der Waals surface area contributed by atoms with E-state index in [0.717, 1.165) is 11.1 Å². The molecule has 0 amide bonds.